The average molecular weight is 418 g/mol. The molecule has 2 aliphatic rings. The van der Waals surface area contributed by atoms with E-state index in [4.69, 9.17) is 9.57 Å². The van der Waals surface area contributed by atoms with Crippen LogP contribution in [0, 0.1) is 11.7 Å². The third kappa shape index (κ3) is 3.14. The Morgan fingerprint density at radius 2 is 1.48 bits per heavy atom. The smallest absolute Gasteiger partial charge is 0.266 e. The Hall–Kier alpha value is -3.71. The maximum atomic E-state index is 13.4. The summed E-state index contributed by atoms with van der Waals surface area (Å²) in [6.45, 7) is 0. The molecule has 2 aliphatic heterocycles. The lowest BCUT2D eigenvalue weighted by molar-refractivity contribution is -0.126. The van der Waals surface area contributed by atoms with Crippen molar-refractivity contribution in [1.29, 1.82) is 0 Å². The van der Waals surface area contributed by atoms with Gasteiger partial charge < -0.3 is 4.74 Å². The van der Waals surface area contributed by atoms with E-state index in [-0.39, 0.29) is 5.91 Å². The summed E-state index contributed by atoms with van der Waals surface area (Å²) in [6, 6.07) is 21.5. The lowest BCUT2D eigenvalue weighted by Gasteiger charge is -2.28. The fourth-order valence-electron chi connectivity index (χ4n) is 4.20. The Kier molecular flexibility index (Phi) is 4.67. The van der Waals surface area contributed by atoms with E-state index < -0.39 is 29.8 Å². The molecular weight excluding hydrogens is 399 g/mol. The third-order valence-corrected chi connectivity index (χ3v) is 5.67. The Balaban J connectivity index is 1.55. The van der Waals surface area contributed by atoms with E-state index in [9.17, 15) is 14.0 Å². The second kappa shape index (κ2) is 7.52. The summed E-state index contributed by atoms with van der Waals surface area (Å²) in [5, 5.41) is 1.63. The van der Waals surface area contributed by atoms with Crippen LogP contribution in [-0.4, -0.2) is 25.0 Å². The number of methoxy groups -OCH3 is 1. The van der Waals surface area contributed by atoms with Gasteiger partial charge in [0.2, 0.25) is 5.91 Å². The number of halogens is 1. The fraction of sp³-hybridized carbons (Fsp3) is 0.167. The number of fused-ring (bicyclic) bond motifs is 1. The van der Waals surface area contributed by atoms with Crippen LogP contribution in [0.2, 0.25) is 0 Å². The van der Waals surface area contributed by atoms with Crippen LogP contribution in [0.3, 0.4) is 0 Å². The lowest BCUT2D eigenvalue weighted by atomic mass is 9.90. The Morgan fingerprint density at radius 1 is 0.839 bits per heavy atom. The van der Waals surface area contributed by atoms with E-state index in [2.05, 4.69) is 0 Å². The summed E-state index contributed by atoms with van der Waals surface area (Å²) in [7, 11) is 1.58. The molecule has 2 fully saturated rings. The summed E-state index contributed by atoms with van der Waals surface area (Å²) in [5.41, 5.74) is 1.89. The number of anilines is 2. The van der Waals surface area contributed by atoms with Gasteiger partial charge in [-0.05, 0) is 54.1 Å². The number of rotatable bonds is 4. The van der Waals surface area contributed by atoms with Gasteiger partial charge in [0.1, 0.15) is 17.5 Å². The van der Waals surface area contributed by atoms with Crippen LogP contribution >= 0.6 is 0 Å². The first-order valence-electron chi connectivity index (χ1n) is 9.87. The molecule has 0 N–H and O–H groups in total. The monoisotopic (exact) mass is 418 g/mol. The first kappa shape index (κ1) is 19.3. The molecule has 0 spiro atoms. The molecule has 5 rings (SSSR count). The number of ether oxygens (including phenoxy) is 1. The highest BCUT2D eigenvalue weighted by Gasteiger charge is 2.60. The standard InChI is InChI=1S/C24H19FN2O4/c1-30-19-13-11-18(12-14-19)27-21(15-5-3-2-4-6-15)20-22(31-27)24(29)26(23(20)28)17-9-7-16(25)8-10-17/h2-14,20-22H,1H3/t20-,21+,22-/m1/s1. The molecule has 0 aliphatic carbocycles. The second-order valence-electron chi connectivity index (χ2n) is 7.42. The number of hydrogen-bond acceptors (Lipinski definition) is 5. The number of benzene rings is 3. The normalized spacial score (nSPS) is 22.7. The van der Waals surface area contributed by atoms with Gasteiger partial charge in [0.25, 0.3) is 5.91 Å². The van der Waals surface area contributed by atoms with Crippen LogP contribution in [0.1, 0.15) is 11.6 Å². The number of carbonyl (C=O) groups is 2. The summed E-state index contributed by atoms with van der Waals surface area (Å²) in [4.78, 5) is 33.8. The molecule has 7 heteroatoms. The number of imide groups is 1. The minimum absolute atomic E-state index is 0.331. The number of carbonyl (C=O) groups excluding carboxylic acids is 2. The van der Waals surface area contributed by atoms with Crippen LogP contribution in [0.5, 0.6) is 5.75 Å². The minimum atomic E-state index is -0.968. The first-order chi connectivity index (χ1) is 15.1. The topological polar surface area (TPSA) is 59.1 Å². The van der Waals surface area contributed by atoms with E-state index in [1.807, 2.05) is 42.5 Å². The van der Waals surface area contributed by atoms with Gasteiger partial charge in [-0.25, -0.2) is 14.4 Å². The lowest BCUT2D eigenvalue weighted by Crippen LogP contribution is -2.37. The van der Waals surface area contributed by atoms with Crippen molar-refractivity contribution >= 4 is 23.2 Å². The van der Waals surface area contributed by atoms with Crippen LogP contribution in [-0.2, 0) is 14.4 Å². The summed E-state index contributed by atoms with van der Waals surface area (Å²) in [5.74, 6) is -1.31. The summed E-state index contributed by atoms with van der Waals surface area (Å²) < 4.78 is 18.6. The van der Waals surface area contributed by atoms with Crippen molar-refractivity contribution in [3.8, 4) is 5.75 Å². The van der Waals surface area contributed by atoms with E-state index >= 15 is 0 Å². The molecule has 3 atom stereocenters. The zero-order chi connectivity index (χ0) is 21.5. The summed E-state index contributed by atoms with van der Waals surface area (Å²) >= 11 is 0. The van der Waals surface area contributed by atoms with E-state index in [1.165, 1.54) is 24.3 Å². The van der Waals surface area contributed by atoms with Gasteiger partial charge in [0.15, 0.2) is 6.10 Å². The van der Waals surface area contributed by atoms with Crippen LogP contribution in [0.4, 0.5) is 15.8 Å². The SMILES string of the molecule is COc1ccc(N2O[C@H]3C(=O)N(c4ccc(F)cc4)C(=O)[C@@H]3[C@@H]2c2ccccc2)cc1. The molecule has 2 amide bonds. The average Bonchev–Trinajstić information content (AvgIpc) is 3.31. The maximum Gasteiger partial charge on any atom is 0.266 e. The van der Waals surface area contributed by atoms with Crippen molar-refractivity contribution in [1.82, 2.24) is 0 Å². The van der Waals surface area contributed by atoms with Crippen molar-refractivity contribution in [2.75, 3.05) is 17.1 Å². The minimum Gasteiger partial charge on any atom is -0.497 e. The molecular formula is C24H19FN2O4. The molecule has 6 nitrogen and oxygen atoms in total. The van der Waals surface area contributed by atoms with E-state index in [0.29, 0.717) is 17.1 Å². The molecule has 3 aromatic rings. The van der Waals surface area contributed by atoms with Gasteiger partial charge in [0, 0.05) is 0 Å². The zero-order valence-electron chi connectivity index (χ0n) is 16.6. The predicted octanol–water partition coefficient (Wildman–Crippen LogP) is 3.89. The molecule has 31 heavy (non-hydrogen) atoms. The van der Waals surface area contributed by atoms with Gasteiger partial charge in [-0.3, -0.25) is 14.4 Å². The second-order valence-corrected chi connectivity index (χ2v) is 7.42. The van der Waals surface area contributed by atoms with Gasteiger partial charge in [-0.1, -0.05) is 30.3 Å². The van der Waals surface area contributed by atoms with Crippen molar-refractivity contribution in [2.24, 2.45) is 5.92 Å². The molecule has 0 aromatic heterocycles. The van der Waals surface area contributed by atoms with E-state index in [1.54, 1.807) is 24.3 Å². The van der Waals surface area contributed by atoms with E-state index in [0.717, 1.165) is 10.5 Å². The van der Waals surface area contributed by atoms with Crippen LogP contribution < -0.4 is 14.7 Å². The highest BCUT2D eigenvalue weighted by Crippen LogP contribution is 2.47. The highest BCUT2D eigenvalue weighted by molar-refractivity contribution is 6.23. The Bertz CT molecular complexity index is 1120. The molecule has 0 radical (unpaired) electrons. The molecule has 156 valence electrons. The quantitative estimate of drug-likeness (QED) is 0.602. The van der Waals surface area contributed by atoms with Gasteiger partial charge >= 0.3 is 0 Å². The first-order valence-corrected chi connectivity index (χ1v) is 9.87. The Labute approximate surface area is 178 Å². The molecule has 3 aromatic carbocycles. The van der Waals surface area contributed by atoms with Gasteiger partial charge in [-0.2, -0.15) is 0 Å². The third-order valence-electron chi connectivity index (χ3n) is 5.67. The van der Waals surface area contributed by atoms with Gasteiger partial charge in [-0.15, -0.1) is 0 Å². The molecule has 2 heterocycles. The number of amides is 2. The number of hydroxylamine groups is 1. The van der Waals surface area contributed by atoms with Crippen LogP contribution in [0.15, 0.2) is 78.9 Å². The largest absolute Gasteiger partial charge is 0.497 e. The molecule has 0 saturated carbocycles. The Morgan fingerprint density at radius 3 is 2.13 bits per heavy atom. The molecule has 0 bridgehead atoms. The predicted molar refractivity (Wildman–Crippen MR) is 112 cm³/mol. The summed E-state index contributed by atoms with van der Waals surface area (Å²) in [6.07, 6.45) is -0.968. The van der Waals surface area contributed by atoms with Crippen molar-refractivity contribution < 1.29 is 23.6 Å². The molecule has 2 saturated heterocycles. The number of hydrogen-bond donors (Lipinski definition) is 0. The van der Waals surface area contributed by atoms with Crippen LogP contribution in [0.25, 0.3) is 0 Å². The molecule has 0 unspecified atom stereocenters. The van der Waals surface area contributed by atoms with Crippen molar-refractivity contribution in [3.05, 3.63) is 90.2 Å². The van der Waals surface area contributed by atoms with Crippen molar-refractivity contribution in [2.45, 2.75) is 12.1 Å². The number of nitrogens with zero attached hydrogens (tertiary/aromatic N) is 2. The zero-order valence-corrected chi connectivity index (χ0v) is 16.6. The van der Waals surface area contributed by atoms with Crippen molar-refractivity contribution in [3.63, 3.8) is 0 Å². The maximum absolute atomic E-state index is 13.4. The van der Waals surface area contributed by atoms with Gasteiger partial charge in [0.05, 0.1) is 24.5 Å². The highest BCUT2D eigenvalue weighted by atomic mass is 19.1. The fourth-order valence-corrected chi connectivity index (χ4v) is 4.20.